The van der Waals surface area contributed by atoms with Crippen LogP contribution < -0.4 is 5.73 Å². The van der Waals surface area contributed by atoms with Crippen molar-refractivity contribution in [3.63, 3.8) is 0 Å². The van der Waals surface area contributed by atoms with Crippen molar-refractivity contribution in [3.05, 3.63) is 0 Å². The number of hydrogen-bond donors (Lipinski definition) is 2. The van der Waals surface area contributed by atoms with E-state index in [2.05, 4.69) is 20.8 Å². The van der Waals surface area contributed by atoms with E-state index in [4.69, 9.17) is 10.8 Å². The third kappa shape index (κ3) is 2.60. The Morgan fingerprint density at radius 2 is 1.95 bits per heavy atom. The molecule has 2 atom stereocenters. The number of rotatable bonds is 2. The SMILES string of the molecule is CC(C)(C)C1C(CCN)CC12CCN(C(=O)O)CC2. The molecule has 1 aliphatic carbocycles. The summed E-state index contributed by atoms with van der Waals surface area (Å²) in [6, 6.07) is 0. The number of amides is 1. The molecule has 0 bridgehead atoms. The molecule has 1 saturated heterocycles. The molecule has 0 aromatic heterocycles. The van der Waals surface area contributed by atoms with Gasteiger partial charge in [0.05, 0.1) is 0 Å². The van der Waals surface area contributed by atoms with E-state index in [-0.39, 0.29) is 0 Å². The van der Waals surface area contributed by atoms with Crippen molar-refractivity contribution < 1.29 is 9.90 Å². The smallest absolute Gasteiger partial charge is 0.407 e. The number of carbonyl (C=O) groups is 1. The maximum atomic E-state index is 11.0. The first-order valence-corrected chi connectivity index (χ1v) is 7.48. The minimum absolute atomic E-state index is 0.295. The lowest BCUT2D eigenvalue weighted by Crippen LogP contribution is -2.58. The van der Waals surface area contributed by atoms with E-state index < -0.39 is 6.09 Å². The van der Waals surface area contributed by atoms with Crippen molar-refractivity contribution in [2.45, 2.75) is 46.5 Å². The third-order valence-corrected chi connectivity index (χ3v) is 5.30. The van der Waals surface area contributed by atoms with Crippen LogP contribution in [0.15, 0.2) is 0 Å². The summed E-state index contributed by atoms with van der Waals surface area (Å²) in [5.41, 5.74) is 6.41. The molecule has 0 aromatic rings. The van der Waals surface area contributed by atoms with Crippen molar-refractivity contribution in [1.82, 2.24) is 4.90 Å². The lowest BCUT2D eigenvalue weighted by Gasteiger charge is -2.63. The van der Waals surface area contributed by atoms with Crippen molar-refractivity contribution in [3.8, 4) is 0 Å². The van der Waals surface area contributed by atoms with E-state index in [0.29, 0.717) is 29.8 Å². The minimum atomic E-state index is -0.764. The number of hydrogen-bond acceptors (Lipinski definition) is 2. The number of nitrogens with two attached hydrogens (primary N) is 1. The van der Waals surface area contributed by atoms with Crippen LogP contribution in [0.2, 0.25) is 0 Å². The van der Waals surface area contributed by atoms with Crippen LogP contribution in [0, 0.1) is 22.7 Å². The predicted molar refractivity (Wildman–Crippen MR) is 76.0 cm³/mol. The molecule has 1 saturated carbocycles. The molecular formula is C15H28N2O2. The van der Waals surface area contributed by atoms with E-state index in [1.165, 1.54) is 6.42 Å². The molecule has 1 amide bonds. The molecule has 1 aliphatic heterocycles. The van der Waals surface area contributed by atoms with Crippen LogP contribution in [0.25, 0.3) is 0 Å². The van der Waals surface area contributed by atoms with Crippen molar-refractivity contribution in [1.29, 1.82) is 0 Å². The van der Waals surface area contributed by atoms with Gasteiger partial charge in [-0.15, -0.1) is 0 Å². The first-order valence-electron chi connectivity index (χ1n) is 7.48. The average molecular weight is 268 g/mol. The fraction of sp³-hybridized carbons (Fsp3) is 0.933. The second-order valence-electron chi connectivity index (χ2n) is 7.52. The van der Waals surface area contributed by atoms with Gasteiger partial charge in [-0.05, 0) is 54.9 Å². The van der Waals surface area contributed by atoms with Crippen LogP contribution in [0.3, 0.4) is 0 Å². The second-order valence-corrected chi connectivity index (χ2v) is 7.52. The minimum Gasteiger partial charge on any atom is -0.465 e. The highest BCUT2D eigenvalue weighted by molar-refractivity contribution is 5.65. The summed E-state index contributed by atoms with van der Waals surface area (Å²) >= 11 is 0. The van der Waals surface area contributed by atoms with Crippen LogP contribution in [0.1, 0.15) is 46.5 Å². The maximum absolute atomic E-state index is 11.0. The molecule has 2 fully saturated rings. The van der Waals surface area contributed by atoms with Gasteiger partial charge in [0.15, 0.2) is 0 Å². The summed E-state index contributed by atoms with van der Waals surface area (Å²) in [5.74, 6) is 1.43. The Hall–Kier alpha value is -0.770. The van der Waals surface area contributed by atoms with Gasteiger partial charge in [-0.25, -0.2) is 4.79 Å². The van der Waals surface area contributed by atoms with Crippen molar-refractivity contribution in [2.75, 3.05) is 19.6 Å². The van der Waals surface area contributed by atoms with Gasteiger partial charge in [-0.3, -0.25) is 0 Å². The quantitative estimate of drug-likeness (QED) is 0.809. The molecule has 2 aliphatic rings. The Kier molecular flexibility index (Phi) is 3.83. The van der Waals surface area contributed by atoms with Gasteiger partial charge in [-0.2, -0.15) is 0 Å². The zero-order valence-corrected chi connectivity index (χ0v) is 12.5. The monoisotopic (exact) mass is 268 g/mol. The van der Waals surface area contributed by atoms with E-state index in [1.54, 1.807) is 4.90 Å². The van der Waals surface area contributed by atoms with Crippen LogP contribution in [-0.2, 0) is 0 Å². The number of likely N-dealkylation sites (tertiary alicyclic amines) is 1. The largest absolute Gasteiger partial charge is 0.465 e. The molecule has 0 radical (unpaired) electrons. The van der Waals surface area contributed by atoms with Gasteiger partial charge in [0.25, 0.3) is 0 Å². The first kappa shape index (κ1) is 14.6. The van der Waals surface area contributed by atoms with Gasteiger partial charge < -0.3 is 15.7 Å². The number of piperidine rings is 1. The van der Waals surface area contributed by atoms with Crippen LogP contribution >= 0.6 is 0 Å². The molecule has 2 unspecified atom stereocenters. The zero-order valence-electron chi connectivity index (χ0n) is 12.5. The van der Waals surface area contributed by atoms with Gasteiger partial charge >= 0.3 is 6.09 Å². The highest BCUT2D eigenvalue weighted by atomic mass is 16.4. The summed E-state index contributed by atoms with van der Waals surface area (Å²) in [6.45, 7) is 9.16. The van der Waals surface area contributed by atoms with Gasteiger partial charge in [-0.1, -0.05) is 20.8 Å². The second kappa shape index (κ2) is 4.97. The van der Waals surface area contributed by atoms with E-state index >= 15 is 0 Å². The molecule has 19 heavy (non-hydrogen) atoms. The maximum Gasteiger partial charge on any atom is 0.407 e. The summed E-state index contributed by atoms with van der Waals surface area (Å²) in [6.07, 6.45) is 3.66. The molecule has 110 valence electrons. The van der Waals surface area contributed by atoms with Crippen LogP contribution in [0.5, 0.6) is 0 Å². The highest BCUT2D eigenvalue weighted by Gasteiger charge is 2.57. The van der Waals surface area contributed by atoms with Crippen LogP contribution in [0.4, 0.5) is 4.79 Å². The molecule has 4 heteroatoms. The van der Waals surface area contributed by atoms with Gasteiger partial charge in [0.1, 0.15) is 0 Å². The Bertz CT molecular complexity index is 341. The Morgan fingerprint density at radius 1 is 1.37 bits per heavy atom. The normalized spacial score (nSPS) is 30.2. The van der Waals surface area contributed by atoms with Crippen molar-refractivity contribution >= 4 is 6.09 Å². The van der Waals surface area contributed by atoms with E-state index in [0.717, 1.165) is 31.7 Å². The predicted octanol–water partition coefficient (Wildman–Crippen LogP) is 2.78. The lowest BCUT2D eigenvalue weighted by atomic mass is 9.43. The summed E-state index contributed by atoms with van der Waals surface area (Å²) in [4.78, 5) is 12.6. The molecule has 1 spiro atoms. The number of carboxylic acid groups (broad SMARTS) is 1. The zero-order chi connectivity index (χ0) is 14.3. The van der Waals surface area contributed by atoms with Crippen molar-refractivity contribution in [2.24, 2.45) is 28.4 Å². The molecule has 0 aromatic carbocycles. The molecule has 3 N–H and O–H groups in total. The molecule has 1 heterocycles. The number of nitrogens with zero attached hydrogens (tertiary/aromatic N) is 1. The average Bonchev–Trinajstić information content (AvgIpc) is 2.26. The first-order chi connectivity index (χ1) is 8.80. The highest BCUT2D eigenvalue weighted by Crippen LogP contribution is 2.63. The topological polar surface area (TPSA) is 66.6 Å². The van der Waals surface area contributed by atoms with E-state index in [1.807, 2.05) is 0 Å². The lowest BCUT2D eigenvalue weighted by molar-refractivity contribution is -0.137. The van der Waals surface area contributed by atoms with Crippen LogP contribution in [-0.4, -0.2) is 35.7 Å². The Balaban J connectivity index is 2.06. The molecular weight excluding hydrogens is 240 g/mol. The molecule has 4 nitrogen and oxygen atoms in total. The summed E-state index contributed by atoms with van der Waals surface area (Å²) in [7, 11) is 0. The Labute approximate surface area is 116 Å². The standard InChI is InChI=1S/C15H28N2O2/c1-14(2,3)12-11(4-7-16)10-15(12)5-8-17(9-6-15)13(18)19/h11-12H,4-10,16H2,1-3H3,(H,18,19). The van der Waals surface area contributed by atoms with Gasteiger partial charge in [0.2, 0.25) is 0 Å². The molecule has 2 rings (SSSR count). The van der Waals surface area contributed by atoms with E-state index in [9.17, 15) is 4.79 Å². The fourth-order valence-corrected chi connectivity index (χ4v) is 4.87. The Morgan fingerprint density at radius 3 is 2.37 bits per heavy atom. The third-order valence-electron chi connectivity index (χ3n) is 5.30. The summed E-state index contributed by atoms with van der Waals surface area (Å²) < 4.78 is 0. The fourth-order valence-electron chi connectivity index (χ4n) is 4.87. The van der Waals surface area contributed by atoms with Gasteiger partial charge in [0, 0.05) is 13.1 Å². The summed E-state index contributed by atoms with van der Waals surface area (Å²) in [5, 5.41) is 9.07.